The van der Waals surface area contributed by atoms with Gasteiger partial charge in [0.2, 0.25) is 0 Å². The van der Waals surface area contributed by atoms with Crippen LogP contribution in [0.25, 0.3) is 10.9 Å². The van der Waals surface area contributed by atoms with Crippen molar-refractivity contribution in [3.8, 4) is 0 Å². The molecule has 3 aromatic rings. The van der Waals surface area contributed by atoms with Gasteiger partial charge in [-0.15, -0.1) is 0 Å². The molecule has 108 valence electrons. The number of hydrogen-bond donors (Lipinski definition) is 2. The van der Waals surface area contributed by atoms with Gasteiger partial charge in [0.25, 0.3) is 0 Å². The summed E-state index contributed by atoms with van der Waals surface area (Å²) in [5.74, 6) is 0. The number of nitrogens with one attached hydrogen (secondary N) is 2. The summed E-state index contributed by atoms with van der Waals surface area (Å²) in [6.07, 6.45) is 3.71. The third kappa shape index (κ3) is 2.83. The van der Waals surface area contributed by atoms with Crippen LogP contribution in [0.4, 0.5) is 0 Å². The van der Waals surface area contributed by atoms with Crippen LogP contribution in [0, 0.1) is 20.8 Å². The SMILES string of the molecule is Cc1cc(CNCc2cccnc2)c2[nH]c(C)c(C)c2c1. The molecule has 0 saturated carbocycles. The molecule has 3 rings (SSSR count). The zero-order valence-electron chi connectivity index (χ0n) is 12.8. The molecule has 21 heavy (non-hydrogen) atoms. The lowest BCUT2D eigenvalue weighted by molar-refractivity contribution is 0.693. The van der Waals surface area contributed by atoms with Crippen molar-refractivity contribution < 1.29 is 0 Å². The highest BCUT2D eigenvalue weighted by atomic mass is 14.9. The first kappa shape index (κ1) is 13.8. The maximum Gasteiger partial charge on any atom is 0.0504 e. The maximum atomic E-state index is 4.14. The molecule has 2 aromatic heterocycles. The number of pyridine rings is 1. The van der Waals surface area contributed by atoms with Crippen molar-refractivity contribution in [1.29, 1.82) is 0 Å². The highest BCUT2D eigenvalue weighted by Crippen LogP contribution is 2.26. The van der Waals surface area contributed by atoms with Gasteiger partial charge in [-0.05, 0) is 49.6 Å². The first-order valence-electron chi connectivity index (χ1n) is 7.33. The van der Waals surface area contributed by atoms with E-state index in [-0.39, 0.29) is 0 Å². The minimum atomic E-state index is 0.835. The number of nitrogens with zero attached hydrogens (tertiary/aromatic N) is 1. The van der Waals surface area contributed by atoms with Crippen LogP contribution < -0.4 is 5.32 Å². The number of rotatable bonds is 4. The molecule has 0 radical (unpaired) electrons. The van der Waals surface area contributed by atoms with Gasteiger partial charge >= 0.3 is 0 Å². The van der Waals surface area contributed by atoms with Crippen molar-refractivity contribution in [3.63, 3.8) is 0 Å². The molecule has 0 aliphatic rings. The molecule has 2 N–H and O–H groups in total. The van der Waals surface area contributed by atoms with Gasteiger partial charge in [0.05, 0.1) is 5.52 Å². The van der Waals surface area contributed by atoms with Crippen molar-refractivity contribution >= 4 is 10.9 Å². The van der Waals surface area contributed by atoms with Crippen molar-refractivity contribution in [1.82, 2.24) is 15.3 Å². The Hall–Kier alpha value is -2.13. The third-order valence-electron chi connectivity index (χ3n) is 4.01. The number of aryl methyl sites for hydroxylation is 3. The number of aromatic nitrogens is 2. The van der Waals surface area contributed by atoms with Gasteiger partial charge in [0.1, 0.15) is 0 Å². The number of benzene rings is 1. The van der Waals surface area contributed by atoms with Crippen LogP contribution >= 0.6 is 0 Å². The van der Waals surface area contributed by atoms with Gasteiger partial charge in [-0.2, -0.15) is 0 Å². The van der Waals surface area contributed by atoms with Crippen LogP contribution in [0.5, 0.6) is 0 Å². The predicted octanol–water partition coefficient (Wildman–Crippen LogP) is 3.78. The average Bonchev–Trinajstić information content (AvgIpc) is 2.76. The number of H-pyrrole nitrogens is 1. The molecule has 0 saturated heterocycles. The highest BCUT2D eigenvalue weighted by Gasteiger charge is 2.09. The molecule has 3 heteroatoms. The van der Waals surface area contributed by atoms with E-state index in [4.69, 9.17) is 0 Å². The van der Waals surface area contributed by atoms with E-state index in [0.717, 1.165) is 13.1 Å². The summed E-state index contributed by atoms with van der Waals surface area (Å²) in [6, 6.07) is 8.58. The van der Waals surface area contributed by atoms with E-state index < -0.39 is 0 Å². The van der Waals surface area contributed by atoms with Crippen LogP contribution in [0.3, 0.4) is 0 Å². The van der Waals surface area contributed by atoms with Crippen LogP contribution in [0.15, 0.2) is 36.7 Å². The van der Waals surface area contributed by atoms with E-state index in [9.17, 15) is 0 Å². The maximum absolute atomic E-state index is 4.14. The lowest BCUT2D eigenvalue weighted by atomic mass is 10.0. The molecule has 0 unspecified atom stereocenters. The quantitative estimate of drug-likeness (QED) is 0.763. The molecule has 2 heterocycles. The zero-order valence-corrected chi connectivity index (χ0v) is 12.8. The minimum absolute atomic E-state index is 0.835. The molecular weight excluding hydrogens is 258 g/mol. The normalized spacial score (nSPS) is 11.2. The predicted molar refractivity (Wildman–Crippen MR) is 87.3 cm³/mol. The summed E-state index contributed by atoms with van der Waals surface area (Å²) < 4.78 is 0. The zero-order chi connectivity index (χ0) is 14.8. The molecule has 0 fully saturated rings. The Balaban J connectivity index is 1.82. The molecule has 0 aliphatic heterocycles. The van der Waals surface area contributed by atoms with Gasteiger partial charge in [-0.3, -0.25) is 4.98 Å². The summed E-state index contributed by atoms with van der Waals surface area (Å²) in [7, 11) is 0. The van der Waals surface area contributed by atoms with Crippen molar-refractivity contribution in [2.45, 2.75) is 33.9 Å². The molecular formula is C18H21N3. The van der Waals surface area contributed by atoms with Crippen LogP contribution in [0.2, 0.25) is 0 Å². The fourth-order valence-corrected chi connectivity index (χ4v) is 2.77. The Morgan fingerprint density at radius 1 is 1.14 bits per heavy atom. The third-order valence-corrected chi connectivity index (χ3v) is 4.01. The van der Waals surface area contributed by atoms with Crippen molar-refractivity contribution in [3.05, 3.63) is 64.6 Å². The molecule has 0 aliphatic carbocycles. The highest BCUT2D eigenvalue weighted by molar-refractivity contribution is 5.87. The Morgan fingerprint density at radius 2 is 2.00 bits per heavy atom. The smallest absolute Gasteiger partial charge is 0.0504 e. The Labute approximate surface area is 125 Å². The summed E-state index contributed by atoms with van der Waals surface area (Å²) in [5.41, 5.74) is 7.70. The molecule has 3 nitrogen and oxygen atoms in total. The number of fused-ring (bicyclic) bond motifs is 1. The van der Waals surface area contributed by atoms with Crippen molar-refractivity contribution in [2.24, 2.45) is 0 Å². The summed E-state index contributed by atoms with van der Waals surface area (Å²) in [5, 5.41) is 4.84. The van der Waals surface area contributed by atoms with Gasteiger partial charge in [0, 0.05) is 36.6 Å². The fraction of sp³-hybridized carbons (Fsp3) is 0.278. The molecule has 0 atom stereocenters. The largest absolute Gasteiger partial charge is 0.358 e. The van der Waals surface area contributed by atoms with Gasteiger partial charge in [-0.1, -0.05) is 17.7 Å². The van der Waals surface area contributed by atoms with Crippen LogP contribution in [-0.2, 0) is 13.1 Å². The van der Waals surface area contributed by atoms with E-state index in [0.29, 0.717) is 0 Å². The van der Waals surface area contributed by atoms with E-state index in [1.54, 1.807) is 6.20 Å². The Morgan fingerprint density at radius 3 is 2.76 bits per heavy atom. The van der Waals surface area contributed by atoms with E-state index in [1.807, 2.05) is 12.3 Å². The first-order chi connectivity index (χ1) is 10.1. The monoisotopic (exact) mass is 279 g/mol. The summed E-state index contributed by atoms with van der Waals surface area (Å²) in [4.78, 5) is 7.66. The summed E-state index contributed by atoms with van der Waals surface area (Å²) >= 11 is 0. The second kappa shape index (κ2) is 5.70. The van der Waals surface area contributed by atoms with Gasteiger partial charge < -0.3 is 10.3 Å². The molecule has 0 amide bonds. The second-order valence-electron chi connectivity index (χ2n) is 5.69. The van der Waals surface area contributed by atoms with Gasteiger partial charge in [0.15, 0.2) is 0 Å². The van der Waals surface area contributed by atoms with Crippen LogP contribution in [-0.4, -0.2) is 9.97 Å². The standard InChI is InChI=1S/C18H21N3/c1-12-7-16(11-20-10-15-5-4-6-19-9-15)18-17(8-12)13(2)14(3)21-18/h4-9,20-21H,10-11H2,1-3H3. The van der Waals surface area contributed by atoms with Gasteiger partial charge in [-0.25, -0.2) is 0 Å². The van der Waals surface area contributed by atoms with Crippen LogP contribution in [0.1, 0.15) is 27.9 Å². The van der Waals surface area contributed by atoms with E-state index >= 15 is 0 Å². The molecule has 1 aromatic carbocycles. The molecule has 0 spiro atoms. The van der Waals surface area contributed by atoms with Crippen molar-refractivity contribution in [2.75, 3.05) is 0 Å². The van der Waals surface area contributed by atoms with E-state index in [2.05, 4.69) is 54.3 Å². The second-order valence-corrected chi connectivity index (χ2v) is 5.69. The first-order valence-corrected chi connectivity index (χ1v) is 7.33. The summed E-state index contributed by atoms with van der Waals surface area (Å²) in [6.45, 7) is 8.16. The Kier molecular flexibility index (Phi) is 3.76. The fourth-order valence-electron chi connectivity index (χ4n) is 2.77. The Bertz CT molecular complexity index is 757. The number of aromatic amines is 1. The average molecular weight is 279 g/mol. The molecule has 0 bridgehead atoms. The van der Waals surface area contributed by atoms with E-state index in [1.165, 1.54) is 38.9 Å². The lowest BCUT2D eigenvalue weighted by Crippen LogP contribution is -2.13. The minimum Gasteiger partial charge on any atom is -0.358 e. The topological polar surface area (TPSA) is 40.7 Å². The number of hydrogen-bond acceptors (Lipinski definition) is 2. The lowest BCUT2D eigenvalue weighted by Gasteiger charge is -2.08.